The summed E-state index contributed by atoms with van der Waals surface area (Å²) in [5, 5.41) is 9.74. The van der Waals surface area contributed by atoms with Crippen LogP contribution in [0.5, 0.6) is 0 Å². The summed E-state index contributed by atoms with van der Waals surface area (Å²) in [6.07, 6.45) is 1.44. The summed E-state index contributed by atoms with van der Waals surface area (Å²) in [7, 11) is -2.01. The van der Waals surface area contributed by atoms with Gasteiger partial charge in [-0.3, -0.25) is 5.10 Å². The predicted octanol–water partition coefficient (Wildman–Crippen LogP) is 0.886. The van der Waals surface area contributed by atoms with E-state index in [0.717, 1.165) is 5.69 Å². The molecule has 19 heavy (non-hydrogen) atoms. The van der Waals surface area contributed by atoms with E-state index in [4.69, 9.17) is 0 Å². The third-order valence-electron chi connectivity index (χ3n) is 2.66. The maximum atomic E-state index is 11.6. The minimum atomic E-state index is -3.39. The lowest BCUT2D eigenvalue weighted by molar-refractivity contribution is 0.588. The molecule has 3 N–H and O–H groups in total. The smallest absolute Gasteiger partial charge is 0.240 e. The average Bonchev–Trinajstić information content (AvgIpc) is 2.93. The zero-order valence-corrected chi connectivity index (χ0v) is 11.4. The van der Waals surface area contributed by atoms with E-state index in [1.54, 1.807) is 24.3 Å². The first-order valence-corrected chi connectivity index (χ1v) is 7.16. The van der Waals surface area contributed by atoms with Crippen LogP contribution < -0.4 is 10.0 Å². The maximum Gasteiger partial charge on any atom is 0.240 e. The first-order chi connectivity index (χ1) is 9.03. The minimum absolute atomic E-state index is 0.0470. The van der Waals surface area contributed by atoms with Gasteiger partial charge in [0, 0.05) is 5.69 Å². The van der Waals surface area contributed by atoms with Crippen LogP contribution in [-0.2, 0) is 10.0 Å². The van der Waals surface area contributed by atoms with Gasteiger partial charge in [0.05, 0.1) is 10.9 Å². The van der Waals surface area contributed by atoms with Crippen LogP contribution in [-0.4, -0.2) is 30.6 Å². The third-order valence-corrected chi connectivity index (χ3v) is 4.09. The molecule has 2 rings (SSSR count). The first-order valence-electron chi connectivity index (χ1n) is 5.68. The van der Waals surface area contributed by atoms with Crippen molar-refractivity contribution in [2.45, 2.75) is 17.9 Å². The standard InChI is InChI=1S/C11H15N5O2S/c1-8(11-13-7-14-16-11)15-9-3-5-10(6-4-9)19(17,18)12-2/h3-8,12,15H,1-2H3,(H,13,14,16). The molecule has 1 aromatic carbocycles. The lowest BCUT2D eigenvalue weighted by atomic mass is 10.2. The Balaban J connectivity index is 2.11. The number of aromatic nitrogens is 3. The molecule has 7 nitrogen and oxygen atoms in total. The van der Waals surface area contributed by atoms with Crippen molar-refractivity contribution in [3.63, 3.8) is 0 Å². The van der Waals surface area contributed by atoms with Crippen LogP contribution in [0.1, 0.15) is 18.8 Å². The van der Waals surface area contributed by atoms with E-state index in [2.05, 4.69) is 25.2 Å². The third kappa shape index (κ3) is 3.09. The lowest BCUT2D eigenvalue weighted by Crippen LogP contribution is -2.18. The Bertz CT molecular complexity index is 622. The van der Waals surface area contributed by atoms with Crippen LogP contribution in [0, 0.1) is 0 Å². The molecule has 1 unspecified atom stereocenters. The van der Waals surface area contributed by atoms with E-state index in [0.29, 0.717) is 5.82 Å². The highest BCUT2D eigenvalue weighted by Gasteiger charge is 2.12. The van der Waals surface area contributed by atoms with Crippen LogP contribution in [0.3, 0.4) is 0 Å². The Hall–Kier alpha value is -1.93. The number of aromatic amines is 1. The second kappa shape index (κ2) is 5.37. The van der Waals surface area contributed by atoms with Crippen molar-refractivity contribution in [3.8, 4) is 0 Å². The number of nitrogens with zero attached hydrogens (tertiary/aromatic N) is 2. The van der Waals surface area contributed by atoms with Gasteiger partial charge >= 0.3 is 0 Å². The largest absolute Gasteiger partial charge is 0.375 e. The molecule has 0 bridgehead atoms. The molecule has 0 radical (unpaired) electrons. The summed E-state index contributed by atoms with van der Waals surface area (Å²) in [6, 6.07) is 6.45. The molecule has 0 spiro atoms. The number of hydrogen-bond acceptors (Lipinski definition) is 5. The molecule has 0 saturated heterocycles. The Morgan fingerprint density at radius 2 is 1.95 bits per heavy atom. The Kier molecular flexibility index (Phi) is 3.82. The van der Waals surface area contributed by atoms with Crippen LogP contribution in [0.15, 0.2) is 35.5 Å². The number of benzene rings is 1. The minimum Gasteiger partial charge on any atom is -0.375 e. The van der Waals surface area contributed by atoms with Crippen molar-refractivity contribution in [2.75, 3.05) is 12.4 Å². The molecular weight excluding hydrogens is 266 g/mol. The summed E-state index contributed by atoms with van der Waals surface area (Å²) < 4.78 is 25.4. The van der Waals surface area contributed by atoms with Crippen molar-refractivity contribution in [2.24, 2.45) is 0 Å². The van der Waals surface area contributed by atoms with Crippen LogP contribution in [0.2, 0.25) is 0 Å². The molecule has 1 heterocycles. The fourth-order valence-electron chi connectivity index (χ4n) is 1.59. The number of hydrogen-bond donors (Lipinski definition) is 3. The van der Waals surface area contributed by atoms with Crippen LogP contribution in [0.4, 0.5) is 5.69 Å². The van der Waals surface area contributed by atoms with E-state index >= 15 is 0 Å². The molecule has 8 heteroatoms. The van der Waals surface area contributed by atoms with Crippen LogP contribution in [0.25, 0.3) is 0 Å². The summed E-state index contributed by atoms with van der Waals surface area (Å²) in [5.74, 6) is 0.715. The number of sulfonamides is 1. The second-order valence-electron chi connectivity index (χ2n) is 3.97. The highest BCUT2D eigenvalue weighted by molar-refractivity contribution is 7.89. The van der Waals surface area contributed by atoms with Gasteiger partial charge in [0.15, 0.2) is 0 Å². The Morgan fingerprint density at radius 3 is 2.47 bits per heavy atom. The molecule has 0 fully saturated rings. The molecule has 0 saturated carbocycles. The predicted molar refractivity (Wildman–Crippen MR) is 71.1 cm³/mol. The van der Waals surface area contributed by atoms with E-state index in [1.807, 2.05) is 6.92 Å². The fraction of sp³-hybridized carbons (Fsp3) is 0.273. The van der Waals surface area contributed by atoms with Crippen molar-refractivity contribution in [1.29, 1.82) is 0 Å². The second-order valence-corrected chi connectivity index (χ2v) is 5.86. The molecule has 0 amide bonds. The van der Waals surface area contributed by atoms with Crippen molar-refractivity contribution in [1.82, 2.24) is 19.9 Å². The van der Waals surface area contributed by atoms with Gasteiger partial charge < -0.3 is 5.32 Å². The van der Waals surface area contributed by atoms with E-state index in [-0.39, 0.29) is 10.9 Å². The van der Waals surface area contributed by atoms with Gasteiger partial charge in [-0.15, -0.1) is 0 Å². The quantitative estimate of drug-likeness (QED) is 0.755. The summed E-state index contributed by atoms with van der Waals surface area (Å²) in [5.41, 5.74) is 0.805. The summed E-state index contributed by atoms with van der Waals surface area (Å²) in [6.45, 7) is 1.93. The lowest BCUT2D eigenvalue weighted by Gasteiger charge is -2.12. The Morgan fingerprint density at radius 1 is 1.26 bits per heavy atom. The van der Waals surface area contributed by atoms with E-state index in [9.17, 15) is 8.42 Å². The number of nitrogens with one attached hydrogen (secondary N) is 3. The van der Waals surface area contributed by atoms with Crippen molar-refractivity contribution in [3.05, 3.63) is 36.4 Å². The SMILES string of the molecule is CNS(=O)(=O)c1ccc(NC(C)c2ncn[nH]2)cc1. The molecule has 0 aliphatic carbocycles. The van der Waals surface area contributed by atoms with E-state index in [1.165, 1.54) is 13.4 Å². The molecule has 1 aromatic heterocycles. The zero-order valence-electron chi connectivity index (χ0n) is 10.6. The van der Waals surface area contributed by atoms with Crippen molar-refractivity contribution >= 4 is 15.7 Å². The normalized spacial score (nSPS) is 13.2. The van der Waals surface area contributed by atoms with Gasteiger partial charge in [0.1, 0.15) is 12.2 Å². The van der Waals surface area contributed by atoms with Gasteiger partial charge in [-0.2, -0.15) is 5.10 Å². The van der Waals surface area contributed by atoms with Crippen LogP contribution >= 0.6 is 0 Å². The monoisotopic (exact) mass is 281 g/mol. The number of H-pyrrole nitrogens is 1. The number of rotatable bonds is 5. The maximum absolute atomic E-state index is 11.6. The Labute approximate surface area is 111 Å². The fourth-order valence-corrected chi connectivity index (χ4v) is 2.32. The highest BCUT2D eigenvalue weighted by atomic mass is 32.2. The van der Waals surface area contributed by atoms with Gasteiger partial charge in [0.2, 0.25) is 10.0 Å². The topological polar surface area (TPSA) is 99.8 Å². The van der Waals surface area contributed by atoms with Crippen molar-refractivity contribution < 1.29 is 8.42 Å². The van der Waals surface area contributed by atoms with Gasteiger partial charge in [-0.1, -0.05) is 0 Å². The summed E-state index contributed by atoms with van der Waals surface area (Å²) in [4.78, 5) is 4.28. The summed E-state index contributed by atoms with van der Waals surface area (Å²) >= 11 is 0. The average molecular weight is 281 g/mol. The van der Waals surface area contributed by atoms with E-state index < -0.39 is 10.0 Å². The zero-order chi connectivity index (χ0) is 13.9. The molecule has 102 valence electrons. The number of anilines is 1. The van der Waals surface area contributed by atoms with Gasteiger partial charge in [0.25, 0.3) is 0 Å². The first kappa shape index (κ1) is 13.5. The molecule has 0 aliphatic rings. The van der Waals surface area contributed by atoms with Gasteiger partial charge in [-0.05, 0) is 38.2 Å². The molecular formula is C11H15N5O2S. The molecule has 2 aromatic rings. The molecule has 1 atom stereocenters. The molecule has 0 aliphatic heterocycles. The highest BCUT2D eigenvalue weighted by Crippen LogP contribution is 2.18. The van der Waals surface area contributed by atoms with Gasteiger partial charge in [-0.25, -0.2) is 18.1 Å².